The monoisotopic (exact) mass is 199 g/mol. The van der Waals surface area contributed by atoms with Crippen LogP contribution in [0.5, 0.6) is 0 Å². The van der Waals surface area contributed by atoms with Crippen molar-refractivity contribution in [2.75, 3.05) is 0 Å². The summed E-state index contributed by atoms with van der Waals surface area (Å²) in [6, 6.07) is 8.36. The van der Waals surface area contributed by atoms with Crippen molar-refractivity contribution in [3.05, 3.63) is 42.0 Å². The molecule has 3 aromatic rings. The molecule has 0 saturated carbocycles. The van der Waals surface area contributed by atoms with Crippen molar-refractivity contribution in [3.8, 4) is 10.6 Å². The van der Waals surface area contributed by atoms with Crippen molar-refractivity contribution in [1.29, 1.82) is 0 Å². The molecule has 0 amide bonds. The third kappa shape index (κ3) is 1.14. The van der Waals surface area contributed by atoms with Gasteiger partial charge in [0.05, 0.1) is 5.38 Å². The molecule has 0 saturated heterocycles. The zero-order chi connectivity index (χ0) is 9.38. The van der Waals surface area contributed by atoms with Gasteiger partial charge in [0.25, 0.3) is 0 Å². The molecule has 2 heterocycles. The molecule has 3 heteroatoms. The maximum Gasteiger partial charge on any atom is 0.123 e. The summed E-state index contributed by atoms with van der Waals surface area (Å²) < 4.78 is 0. The number of nitrogens with zero attached hydrogens (tertiary/aromatic N) is 1. The Morgan fingerprint density at radius 2 is 2.29 bits per heavy atom. The molecule has 1 N–H and O–H groups in total. The van der Waals surface area contributed by atoms with Crippen LogP contribution in [0.25, 0.3) is 21.5 Å². The van der Waals surface area contributed by atoms with E-state index in [4.69, 9.17) is 0 Å². The third-order valence-electron chi connectivity index (χ3n) is 2.19. The Bertz CT molecular complexity index is 551. The Hall–Kier alpha value is -1.61. The van der Waals surface area contributed by atoms with Crippen molar-refractivity contribution >= 4 is 22.2 Å². The summed E-state index contributed by atoms with van der Waals surface area (Å²) >= 11 is 1.54. The van der Waals surface area contributed by atoms with Crippen LogP contribution in [0, 0.1) is 5.38 Å². The van der Waals surface area contributed by atoms with Crippen molar-refractivity contribution in [3.63, 3.8) is 0 Å². The Morgan fingerprint density at radius 1 is 1.29 bits per heavy atom. The normalized spacial score (nSPS) is 10.9. The quantitative estimate of drug-likeness (QED) is 0.641. The van der Waals surface area contributed by atoms with Crippen LogP contribution in [-0.2, 0) is 0 Å². The topological polar surface area (TPSA) is 28.7 Å². The van der Waals surface area contributed by atoms with Gasteiger partial charge in [0.1, 0.15) is 5.01 Å². The number of aromatic amines is 1. The zero-order valence-corrected chi connectivity index (χ0v) is 8.14. The van der Waals surface area contributed by atoms with Gasteiger partial charge in [-0.15, -0.1) is 11.3 Å². The van der Waals surface area contributed by atoms with E-state index in [0.29, 0.717) is 0 Å². The highest BCUT2D eigenvalue weighted by Gasteiger charge is 2.01. The fourth-order valence-corrected chi connectivity index (χ4v) is 2.08. The van der Waals surface area contributed by atoms with Crippen molar-refractivity contribution in [2.45, 2.75) is 0 Å². The van der Waals surface area contributed by atoms with E-state index in [-0.39, 0.29) is 0 Å². The van der Waals surface area contributed by atoms with E-state index in [2.05, 4.69) is 39.6 Å². The molecule has 0 fully saturated rings. The lowest BCUT2D eigenvalue weighted by Crippen LogP contribution is -1.75. The second-order valence-electron chi connectivity index (χ2n) is 3.06. The SMILES string of the molecule is [c]1cnc(-c2ccc3cc[nH]c3c2)s1. The van der Waals surface area contributed by atoms with Gasteiger partial charge in [-0.1, -0.05) is 12.1 Å². The van der Waals surface area contributed by atoms with Crippen LogP contribution in [0.4, 0.5) is 0 Å². The molecule has 1 radical (unpaired) electrons. The second-order valence-corrected chi connectivity index (χ2v) is 3.89. The molecule has 0 spiro atoms. The molecule has 0 bridgehead atoms. The van der Waals surface area contributed by atoms with E-state index in [0.717, 1.165) is 16.1 Å². The molecule has 0 atom stereocenters. The van der Waals surface area contributed by atoms with E-state index in [9.17, 15) is 0 Å². The predicted octanol–water partition coefficient (Wildman–Crippen LogP) is 3.09. The third-order valence-corrected chi connectivity index (χ3v) is 2.95. The number of hydrogen-bond acceptors (Lipinski definition) is 2. The van der Waals surface area contributed by atoms with Crippen LogP contribution >= 0.6 is 11.3 Å². The molecule has 3 rings (SSSR count). The number of H-pyrrole nitrogens is 1. The van der Waals surface area contributed by atoms with Gasteiger partial charge in [-0.05, 0) is 17.5 Å². The van der Waals surface area contributed by atoms with Crippen molar-refractivity contribution in [1.82, 2.24) is 9.97 Å². The summed E-state index contributed by atoms with van der Waals surface area (Å²) in [7, 11) is 0. The predicted molar refractivity (Wildman–Crippen MR) is 58.2 cm³/mol. The Kier molecular flexibility index (Phi) is 1.64. The molecular formula is C11H7N2S. The van der Waals surface area contributed by atoms with Gasteiger partial charge < -0.3 is 4.98 Å². The first-order valence-electron chi connectivity index (χ1n) is 4.33. The average molecular weight is 199 g/mol. The number of fused-ring (bicyclic) bond motifs is 1. The van der Waals surface area contributed by atoms with Crippen molar-refractivity contribution in [2.24, 2.45) is 0 Å². The van der Waals surface area contributed by atoms with E-state index in [1.165, 1.54) is 16.7 Å². The summed E-state index contributed by atoms with van der Waals surface area (Å²) in [5.41, 5.74) is 2.30. The molecular weight excluding hydrogens is 192 g/mol. The van der Waals surface area contributed by atoms with Gasteiger partial charge >= 0.3 is 0 Å². The summed E-state index contributed by atoms with van der Waals surface area (Å²) in [4.78, 5) is 7.42. The minimum absolute atomic E-state index is 1.02. The number of rotatable bonds is 1. The minimum atomic E-state index is 1.02. The van der Waals surface area contributed by atoms with Gasteiger partial charge in [-0.3, -0.25) is 0 Å². The Balaban J connectivity index is 2.23. The minimum Gasteiger partial charge on any atom is -0.361 e. The number of thiazole rings is 1. The molecule has 0 aliphatic carbocycles. The Labute approximate surface area is 85.2 Å². The Morgan fingerprint density at radius 3 is 3.14 bits per heavy atom. The standard InChI is InChI=1S/C11H7N2S/c1-2-9(11-13-5-6-14-11)7-10-8(1)3-4-12-10/h1-5,7,12H. The smallest absolute Gasteiger partial charge is 0.123 e. The van der Waals surface area contributed by atoms with E-state index in [1.54, 1.807) is 6.20 Å². The van der Waals surface area contributed by atoms with Crippen LogP contribution in [0.1, 0.15) is 0 Å². The van der Waals surface area contributed by atoms with Crippen LogP contribution < -0.4 is 0 Å². The summed E-state index contributed by atoms with van der Waals surface area (Å²) in [6.07, 6.45) is 3.65. The number of aromatic nitrogens is 2. The summed E-state index contributed by atoms with van der Waals surface area (Å²) in [6.45, 7) is 0. The van der Waals surface area contributed by atoms with E-state index in [1.807, 2.05) is 6.20 Å². The lowest BCUT2D eigenvalue weighted by atomic mass is 10.2. The van der Waals surface area contributed by atoms with Gasteiger partial charge in [0, 0.05) is 23.5 Å². The molecule has 0 aliphatic rings. The zero-order valence-electron chi connectivity index (χ0n) is 7.32. The largest absolute Gasteiger partial charge is 0.361 e. The molecule has 2 nitrogen and oxygen atoms in total. The molecule has 1 aromatic carbocycles. The average Bonchev–Trinajstić information content (AvgIpc) is 2.88. The summed E-state index contributed by atoms with van der Waals surface area (Å²) in [5, 5.41) is 5.24. The molecule has 0 unspecified atom stereocenters. The van der Waals surface area contributed by atoms with Crippen LogP contribution in [0.2, 0.25) is 0 Å². The molecule has 0 aliphatic heterocycles. The second kappa shape index (κ2) is 2.96. The first kappa shape index (κ1) is 7.76. The fourth-order valence-electron chi connectivity index (χ4n) is 1.51. The van der Waals surface area contributed by atoms with Gasteiger partial charge in [0.2, 0.25) is 0 Å². The molecule has 14 heavy (non-hydrogen) atoms. The van der Waals surface area contributed by atoms with Crippen molar-refractivity contribution < 1.29 is 0 Å². The number of hydrogen-bond donors (Lipinski definition) is 1. The maximum absolute atomic E-state index is 4.23. The fraction of sp³-hybridized carbons (Fsp3) is 0. The highest BCUT2D eigenvalue weighted by Crippen LogP contribution is 2.24. The summed E-state index contributed by atoms with van der Waals surface area (Å²) in [5.74, 6) is 0. The lowest BCUT2D eigenvalue weighted by molar-refractivity contribution is 1.41. The van der Waals surface area contributed by atoms with Gasteiger partial charge in [-0.2, -0.15) is 0 Å². The number of benzene rings is 1. The lowest BCUT2D eigenvalue weighted by Gasteiger charge is -1.95. The molecule has 67 valence electrons. The van der Waals surface area contributed by atoms with E-state index >= 15 is 0 Å². The number of nitrogens with one attached hydrogen (secondary N) is 1. The van der Waals surface area contributed by atoms with Gasteiger partial charge in [0.15, 0.2) is 0 Å². The van der Waals surface area contributed by atoms with E-state index < -0.39 is 0 Å². The first-order valence-corrected chi connectivity index (χ1v) is 5.14. The highest BCUT2D eigenvalue weighted by molar-refractivity contribution is 7.12. The van der Waals surface area contributed by atoms with Gasteiger partial charge in [-0.25, -0.2) is 4.98 Å². The molecule has 2 aromatic heterocycles. The van der Waals surface area contributed by atoms with Crippen LogP contribution in [0.3, 0.4) is 0 Å². The van der Waals surface area contributed by atoms with Crippen LogP contribution in [-0.4, -0.2) is 9.97 Å². The highest BCUT2D eigenvalue weighted by atomic mass is 32.1. The first-order chi connectivity index (χ1) is 6.93. The maximum atomic E-state index is 4.23. The van der Waals surface area contributed by atoms with Crippen LogP contribution in [0.15, 0.2) is 36.7 Å².